The molecule has 0 spiro atoms. The summed E-state index contributed by atoms with van der Waals surface area (Å²) in [5.74, 6) is -0.633. The minimum Gasteiger partial charge on any atom is -0.481 e. The molecule has 0 bridgehead atoms. The molecular formula is C14H24N2O3. The third-order valence-electron chi connectivity index (χ3n) is 4.37. The molecule has 0 aromatic carbocycles. The van der Waals surface area contributed by atoms with Crippen LogP contribution in [0.5, 0.6) is 0 Å². The fourth-order valence-corrected chi connectivity index (χ4v) is 3.37. The molecule has 2 amide bonds. The van der Waals surface area contributed by atoms with Gasteiger partial charge in [-0.1, -0.05) is 12.8 Å². The summed E-state index contributed by atoms with van der Waals surface area (Å²) in [6, 6.07) is 0.512. The van der Waals surface area contributed by atoms with Gasteiger partial charge in [0.15, 0.2) is 0 Å². The fraction of sp³-hybridized carbons (Fsp3) is 0.857. The Kier molecular flexibility index (Phi) is 4.66. The highest BCUT2D eigenvalue weighted by Gasteiger charge is 2.33. The first kappa shape index (κ1) is 14.2. The molecule has 2 rings (SSSR count). The van der Waals surface area contributed by atoms with Crippen molar-refractivity contribution in [1.29, 1.82) is 0 Å². The van der Waals surface area contributed by atoms with Crippen LogP contribution in [0.3, 0.4) is 0 Å². The van der Waals surface area contributed by atoms with Crippen LogP contribution in [-0.4, -0.2) is 52.6 Å². The number of aliphatic carboxylic acids is 1. The number of carboxylic acid groups (broad SMARTS) is 1. The minimum absolute atomic E-state index is 0.113. The van der Waals surface area contributed by atoms with E-state index < -0.39 is 5.97 Å². The number of carbonyl (C=O) groups excluding carboxylic acids is 1. The quantitative estimate of drug-likeness (QED) is 0.850. The van der Waals surface area contributed by atoms with Gasteiger partial charge in [0.2, 0.25) is 0 Å². The molecule has 1 N–H and O–H groups in total. The zero-order chi connectivity index (χ0) is 13.8. The van der Waals surface area contributed by atoms with Gasteiger partial charge in [0.1, 0.15) is 0 Å². The van der Waals surface area contributed by atoms with Gasteiger partial charge in [0.25, 0.3) is 0 Å². The Bertz CT molecular complexity index is 340. The lowest BCUT2D eigenvalue weighted by Gasteiger charge is -2.32. The average molecular weight is 268 g/mol. The number of carboxylic acids is 1. The highest BCUT2D eigenvalue weighted by molar-refractivity contribution is 5.75. The van der Waals surface area contributed by atoms with Crippen molar-refractivity contribution in [2.45, 2.75) is 51.5 Å². The van der Waals surface area contributed by atoms with Crippen LogP contribution in [0.15, 0.2) is 0 Å². The van der Waals surface area contributed by atoms with Crippen molar-refractivity contribution in [3.63, 3.8) is 0 Å². The summed E-state index contributed by atoms with van der Waals surface area (Å²) in [6.07, 6.45) is 5.67. The molecule has 2 fully saturated rings. The first-order valence-corrected chi connectivity index (χ1v) is 7.39. The van der Waals surface area contributed by atoms with E-state index in [2.05, 4.69) is 0 Å². The van der Waals surface area contributed by atoms with Gasteiger partial charge in [-0.3, -0.25) is 4.79 Å². The summed E-state index contributed by atoms with van der Waals surface area (Å²) in [5, 5.41) is 8.81. The van der Waals surface area contributed by atoms with Gasteiger partial charge in [-0.05, 0) is 32.1 Å². The molecule has 1 saturated heterocycles. The zero-order valence-corrected chi connectivity index (χ0v) is 11.7. The van der Waals surface area contributed by atoms with E-state index in [9.17, 15) is 9.59 Å². The van der Waals surface area contributed by atoms with Crippen LogP contribution in [0.25, 0.3) is 0 Å². The number of nitrogens with zero attached hydrogens (tertiary/aromatic N) is 2. The molecule has 1 saturated carbocycles. The standard InChI is InChI=1S/C14H24N2O3/c1-2-16(12-5-3-4-6-12)14(19)15-8-7-11(10-15)9-13(17)18/h11-12H,2-10H2,1H3,(H,17,18). The molecule has 1 unspecified atom stereocenters. The number of hydrogen-bond donors (Lipinski definition) is 1. The molecule has 0 aromatic heterocycles. The Balaban J connectivity index is 1.90. The summed E-state index contributed by atoms with van der Waals surface area (Å²) >= 11 is 0. The summed E-state index contributed by atoms with van der Waals surface area (Å²) in [4.78, 5) is 27.0. The molecule has 5 heteroatoms. The van der Waals surface area contributed by atoms with E-state index >= 15 is 0 Å². The second kappa shape index (κ2) is 6.26. The normalized spacial score (nSPS) is 23.8. The Morgan fingerprint density at radius 2 is 1.95 bits per heavy atom. The van der Waals surface area contributed by atoms with Crippen LogP contribution >= 0.6 is 0 Å². The Morgan fingerprint density at radius 3 is 2.53 bits per heavy atom. The average Bonchev–Trinajstić information content (AvgIpc) is 3.00. The van der Waals surface area contributed by atoms with Crippen LogP contribution < -0.4 is 0 Å². The Morgan fingerprint density at radius 1 is 1.26 bits per heavy atom. The van der Waals surface area contributed by atoms with Crippen molar-refractivity contribution in [3.8, 4) is 0 Å². The fourth-order valence-electron chi connectivity index (χ4n) is 3.37. The number of hydrogen-bond acceptors (Lipinski definition) is 2. The third-order valence-corrected chi connectivity index (χ3v) is 4.37. The van der Waals surface area contributed by atoms with E-state index in [0.717, 1.165) is 25.8 Å². The van der Waals surface area contributed by atoms with Gasteiger partial charge >= 0.3 is 12.0 Å². The third kappa shape index (κ3) is 3.39. The van der Waals surface area contributed by atoms with Crippen LogP contribution in [0, 0.1) is 5.92 Å². The Hall–Kier alpha value is -1.26. The van der Waals surface area contributed by atoms with Crippen molar-refractivity contribution in [3.05, 3.63) is 0 Å². The molecule has 5 nitrogen and oxygen atoms in total. The molecule has 1 heterocycles. The van der Waals surface area contributed by atoms with E-state index in [1.54, 1.807) is 0 Å². The molecule has 19 heavy (non-hydrogen) atoms. The first-order valence-electron chi connectivity index (χ1n) is 7.39. The maximum atomic E-state index is 12.5. The maximum absolute atomic E-state index is 12.5. The number of likely N-dealkylation sites (tertiary alicyclic amines) is 1. The van der Waals surface area contributed by atoms with Gasteiger partial charge < -0.3 is 14.9 Å². The van der Waals surface area contributed by atoms with Crippen molar-refractivity contribution in [2.75, 3.05) is 19.6 Å². The summed E-state index contributed by atoms with van der Waals surface area (Å²) in [6.45, 7) is 4.10. The van der Waals surface area contributed by atoms with Gasteiger partial charge in [0.05, 0.1) is 0 Å². The van der Waals surface area contributed by atoms with Crippen LogP contribution in [0.1, 0.15) is 45.4 Å². The number of amides is 2. The summed E-state index contributed by atoms with van der Waals surface area (Å²) in [5.41, 5.74) is 0. The lowest BCUT2D eigenvalue weighted by Crippen LogP contribution is -2.46. The molecule has 108 valence electrons. The summed E-state index contributed by atoms with van der Waals surface area (Å²) < 4.78 is 0. The van der Waals surface area contributed by atoms with Gasteiger partial charge in [0, 0.05) is 32.1 Å². The highest BCUT2D eigenvalue weighted by atomic mass is 16.4. The van der Waals surface area contributed by atoms with Crippen molar-refractivity contribution in [2.24, 2.45) is 5.92 Å². The van der Waals surface area contributed by atoms with Crippen molar-refractivity contribution < 1.29 is 14.7 Å². The van der Waals surface area contributed by atoms with E-state index in [-0.39, 0.29) is 18.4 Å². The van der Waals surface area contributed by atoms with E-state index in [1.807, 2.05) is 16.7 Å². The SMILES string of the molecule is CCN(C(=O)N1CCC(CC(=O)O)C1)C1CCCC1. The second-order valence-corrected chi connectivity index (χ2v) is 5.71. The number of rotatable bonds is 4. The molecule has 1 aliphatic heterocycles. The monoisotopic (exact) mass is 268 g/mol. The smallest absolute Gasteiger partial charge is 0.320 e. The van der Waals surface area contributed by atoms with Crippen LogP contribution in [-0.2, 0) is 4.79 Å². The molecule has 2 aliphatic rings. The highest BCUT2D eigenvalue weighted by Crippen LogP contribution is 2.26. The van der Waals surface area contributed by atoms with Gasteiger partial charge in [-0.15, -0.1) is 0 Å². The van der Waals surface area contributed by atoms with Gasteiger partial charge in [-0.2, -0.15) is 0 Å². The molecule has 1 atom stereocenters. The van der Waals surface area contributed by atoms with Crippen molar-refractivity contribution in [1.82, 2.24) is 9.80 Å². The van der Waals surface area contributed by atoms with E-state index in [4.69, 9.17) is 5.11 Å². The largest absolute Gasteiger partial charge is 0.481 e. The number of urea groups is 1. The molecule has 0 aromatic rings. The maximum Gasteiger partial charge on any atom is 0.320 e. The lowest BCUT2D eigenvalue weighted by atomic mass is 10.1. The topological polar surface area (TPSA) is 60.9 Å². The van der Waals surface area contributed by atoms with Crippen molar-refractivity contribution >= 4 is 12.0 Å². The predicted octanol–water partition coefficient (Wildman–Crippen LogP) is 2.17. The first-order chi connectivity index (χ1) is 9.11. The predicted molar refractivity (Wildman–Crippen MR) is 72.0 cm³/mol. The van der Waals surface area contributed by atoms with E-state index in [1.165, 1.54) is 12.8 Å². The molecular weight excluding hydrogens is 244 g/mol. The van der Waals surface area contributed by atoms with Crippen LogP contribution in [0.2, 0.25) is 0 Å². The summed E-state index contributed by atoms with van der Waals surface area (Å²) in [7, 11) is 0. The molecule has 0 radical (unpaired) electrons. The lowest BCUT2D eigenvalue weighted by molar-refractivity contribution is -0.138. The molecule has 1 aliphatic carbocycles. The van der Waals surface area contributed by atoms with Gasteiger partial charge in [-0.25, -0.2) is 4.79 Å². The van der Waals surface area contributed by atoms with E-state index in [0.29, 0.717) is 19.1 Å². The zero-order valence-electron chi connectivity index (χ0n) is 11.7. The minimum atomic E-state index is -0.762. The van der Waals surface area contributed by atoms with Crippen LogP contribution in [0.4, 0.5) is 4.79 Å². The number of carbonyl (C=O) groups is 2. The second-order valence-electron chi connectivity index (χ2n) is 5.71. The Labute approximate surface area is 114 Å².